The van der Waals surface area contributed by atoms with E-state index in [-0.39, 0.29) is 11.7 Å². The lowest BCUT2D eigenvalue weighted by Gasteiger charge is -2.32. The maximum atomic E-state index is 13.6. The summed E-state index contributed by atoms with van der Waals surface area (Å²) in [4.78, 5) is 20.5. The van der Waals surface area contributed by atoms with Gasteiger partial charge in [-0.15, -0.1) is 0 Å². The first kappa shape index (κ1) is 18.4. The fourth-order valence-corrected chi connectivity index (χ4v) is 3.70. The molecule has 28 heavy (non-hydrogen) atoms. The van der Waals surface area contributed by atoms with Crippen LogP contribution in [0.4, 0.5) is 4.39 Å². The minimum atomic E-state index is -0.258. The van der Waals surface area contributed by atoms with Gasteiger partial charge in [0, 0.05) is 5.39 Å². The molecular formula is C22H23FN3O2+. The van der Waals surface area contributed by atoms with Crippen LogP contribution < -0.4 is 9.64 Å². The molecular weight excluding hydrogens is 357 g/mol. The summed E-state index contributed by atoms with van der Waals surface area (Å²) in [5.74, 6) is 0.410. The molecule has 3 aromatic rings. The predicted molar refractivity (Wildman–Crippen MR) is 105 cm³/mol. The molecule has 2 aromatic carbocycles. The number of carbonyl (C=O) groups is 1. The zero-order valence-corrected chi connectivity index (χ0v) is 15.8. The molecule has 1 saturated heterocycles. The average molecular weight is 380 g/mol. The van der Waals surface area contributed by atoms with Crippen LogP contribution in [-0.4, -0.2) is 49.1 Å². The van der Waals surface area contributed by atoms with Crippen LogP contribution >= 0.6 is 0 Å². The number of carbonyl (C=O) groups excluding carboxylic acids is 1. The van der Waals surface area contributed by atoms with Crippen LogP contribution in [0.5, 0.6) is 5.75 Å². The molecule has 6 heteroatoms. The second kappa shape index (κ2) is 7.94. The lowest BCUT2D eigenvalue weighted by atomic mass is 10.1. The topological polar surface area (TPSA) is 46.9 Å². The summed E-state index contributed by atoms with van der Waals surface area (Å²) in [6.07, 6.45) is 0. The molecule has 0 bridgehead atoms. The van der Waals surface area contributed by atoms with Crippen molar-refractivity contribution < 1.29 is 18.8 Å². The number of halogens is 1. The van der Waals surface area contributed by atoms with Gasteiger partial charge in [-0.3, -0.25) is 4.79 Å². The summed E-state index contributed by atoms with van der Waals surface area (Å²) in [5, 5.41) is 1.03. The molecule has 1 N–H and O–H groups in total. The van der Waals surface area contributed by atoms with Crippen LogP contribution in [0.3, 0.4) is 0 Å². The third-order valence-corrected chi connectivity index (χ3v) is 5.26. The SMILES string of the molecule is COc1ccc(F)cc1C[NH+]1CCN(C(=O)c2ccc3ccccc3n2)CC1. The summed E-state index contributed by atoms with van der Waals surface area (Å²) in [6, 6.07) is 16.1. The highest BCUT2D eigenvalue weighted by molar-refractivity contribution is 5.94. The van der Waals surface area contributed by atoms with E-state index in [0.29, 0.717) is 31.1 Å². The van der Waals surface area contributed by atoms with E-state index in [1.165, 1.54) is 17.0 Å². The van der Waals surface area contributed by atoms with Crippen molar-refractivity contribution in [2.45, 2.75) is 6.54 Å². The number of amides is 1. The van der Waals surface area contributed by atoms with Gasteiger partial charge in [0.2, 0.25) is 0 Å². The fourth-order valence-electron chi connectivity index (χ4n) is 3.70. The van der Waals surface area contributed by atoms with Crippen LogP contribution in [0.25, 0.3) is 10.9 Å². The second-order valence-electron chi connectivity index (χ2n) is 7.06. The van der Waals surface area contributed by atoms with E-state index in [1.54, 1.807) is 19.2 Å². The van der Waals surface area contributed by atoms with E-state index in [9.17, 15) is 9.18 Å². The molecule has 0 unspecified atom stereocenters. The van der Waals surface area contributed by atoms with Gasteiger partial charge in [-0.1, -0.05) is 24.3 Å². The van der Waals surface area contributed by atoms with E-state index in [0.717, 1.165) is 29.6 Å². The van der Waals surface area contributed by atoms with E-state index >= 15 is 0 Å². The van der Waals surface area contributed by atoms with Gasteiger partial charge in [-0.05, 0) is 30.3 Å². The summed E-state index contributed by atoms with van der Waals surface area (Å²) < 4.78 is 18.9. The van der Waals surface area contributed by atoms with Crippen LogP contribution in [0.1, 0.15) is 16.1 Å². The first-order chi connectivity index (χ1) is 13.6. The zero-order chi connectivity index (χ0) is 19.5. The number of hydrogen-bond acceptors (Lipinski definition) is 3. The van der Waals surface area contributed by atoms with Crippen molar-refractivity contribution in [3.63, 3.8) is 0 Å². The Kier molecular flexibility index (Phi) is 5.21. The molecule has 1 amide bonds. The monoisotopic (exact) mass is 380 g/mol. The Morgan fingerprint density at radius 2 is 1.93 bits per heavy atom. The molecule has 0 atom stereocenters. The number of ether oxygens (including phenoxy) is 1. The minimum absolute atomic E-state index is 0.0341. The number of fused-ring (bicyclic) bond motifs is 1. The van der Waals surface area contributed by atoms with Crippen LogP contribution in [-0.2, 0) is 6.54 Å². The van der Waals surface area contributed by atoms with Crippen molar-refractivity contribution >= 4 is 16.8 Å². The Morgan fingerprint density at radius 3 is 2.71 bits per heavy atom. The predicted octanol–water partition coefficient (Wildman–Crippen LogP) is 1.92. The minimum Gasteiger partial charge on any atom is -0.496 e. The highest BCUT2D eigenvalue weighted by Crippen LogP contribution is 2.18. The Hall–Kier alpha value is -2.99. The Labute approximate surface area is 163 Å². The van der Waals surface area contributed by atoms with E-state index in [1.807, 2.05) is 35.2 Å². The normalized spacial score (nSPS) is 15.0. The van der Waals surface area contributed by atoms with Gasteiger partial charge in [0.15, 0.2) is 0 Å². The number of quaternary nitrogens is 1. The van der Waals surface area contributed by atoms with Crippen LogP contribution in [0.15, 0.2) is 54.6 Å². The highest BCUT2D eigenvalue weighted by atomic mass is 19.1. The Morgan fingerprint density at radius 1 is 1.14 bits per heavy atom. The maximum Gasteiger partial charge on any atom is 0.272 e. The number of pyridine rings is 1. The molecule has 0 saturated carbocycles. The van der Waals surface area contributed by atoms with Gasteiger partial charge in [0.25, 0.3) is 5.91 Å². The van der Waals surface area contributed by atoms with Gasteiger partial charge < -0.3 is 14.5 Å². The zero-order valence-electron chi connectivity index (χ0n) is 15.8. The molecule has 4 rings (SSSR count). The number of rotatable bonds is 4. The van der Waals surface area contributed by atoms with Crippen molar-refractivity contribution in [1.29, 1.82) is 0 Å². The van der Waals surface area contributed by atoms with Gasteiger partial charge in [0.1, 0.15) is 23.8 Å². The molecule has 0 spiro atoms. The van der Waals surface area contributed by atoms with Crippen molar-refractivity contribution in [3.8, 4) is 5.75 Å². The van der Waals surface area contributed by atoms with Gasteiger partial charge >= 0.3 is 0 Å². The summed E-state index contributed by atoms with van der Waals surface area (Å²) in [6.45, 7) is 3.59. The lowest BCUT2D eigenvalue weighted by Crippen LogP contribution is -3.13. The lowest BCUT2D eigenvalue weighted by molar-refractivity contribution is -0.917. The van der Waals surface area contributed by atoms with Crippen molar-refractivity contribution in [2.75, 3.05) is 33.3 Å². The van der Waals surface area contributed by atoms with E-state index < -0.39 is 0 Å². The molecule has 1 aliphatic heterocycles. The molecule has 144 valence electrons. The van der Waals surface area contributed by atoms with Crippen molar-refractivity contribution in [1.82, 2.24) is 9.88 Å². The number of nitrogens with one attached hydrogen (secondary N) is 1. The summed E-state index contributed by atoms with van der Waals surface area (Å²) in [5.41, 5.74) is 2.17. The number of nitrogens with zero attached hydrogens (tertiary/aromatic N) is 2. The smallest absolute Gasteiger partial charge is 0.272 e. The second-order valence-corrected chi connectivity index (χ2v) is 7.06. The molecule has 2 heterocycles. The van der Waals surface area contributed by atoms with Crippen LogP contribution in [0, 0.1) is 5.82 Å². The van der Waals surface area contributed by atoms with Gasteiger partial charge in [-0.25, -0.2) is 9.37 Å². The molecule has 1 fully saturated rings. The third kappa shape index (κ3) is 3.82. The first-order valence-corrected chi connectivity index (χ1v) is 9.45. The molecule has 1 aliphatic rings. The Bertz CT molecular complexity index is 1000. The molecule has 1 aromatic heterocycles. The molecule has 5 nitrogen and oxygen atoms in total. The highest BCUT2D eigenvalue weighted by Gasteiger charge is 2.26. The maximum absolute atomic E-state index is 13.6. The molecule has 0 aliphatic carbocycles. The fraction of sp³-hybridized carbons (Fsp3) is 0.273. The summed E-state index contributed by atoms with van der Waals surface area (Å²) >= 11 is 0. The van der Waals surface area contributed by atoms with E-state index in [2.05, 4.69) is 4.98 Å². The van der Waals surface area contributed by atoms with Gasteiger partial charge in [-0.2, -0.15) is 0 Å². The number of piperazine rings is 1. The Balaban J connectivity index is 1.41. The standard InChI is InChI=1S/C22H22FN3O2/c1-28-21-9-7-18(23)14-17(21)15-25-10-12-26(13-11-25)22(27)20-8-6-16-4-2-3-5-19(16)24-20/h2-9,14H,10-13,15H2,1H3/p+1. The number of aromatic nitrogens is 1. The van der Waals surface area contributed by atoms with Crippen LogP contribution in [0.2, 0.25) is 0 Å². The van der Waals surface area contributed by atoms with Crippen molar-refractivity contribution in [3.05, 3.63) is 71.7 Å². The quantitative estimate of drug-likeness (QED) is 0.752. The number of hydrogen-bond donors (Lipinski definition) is 1. The van der Waals surface area contributed by atoms with E-state index in [4.69, 9.17) is 4.74 Å². The number of benzene rings is 2. The summed E-state index contributed by atoms with van der Waals surface area (Å²) in [7, 11) is 1.60. The number of para-hydroxylation sites is 1. The average Bonchev–Trinajstić information content (AvgIpc) is 2.73. The van der Waals surface area contributed by atoms with Gasteiger partial charge in [0.05, 0.1) is 44.4 Å². The third-order valence-electron chi connectivity index (χ3n) is 5.26. The number of methoxy groups -OCH3 is 1. The first-order valence-electron chi connectivity index (χ1n) is 9.45. The molecule has 0 radical (unpaired) electrons. The van der Waals surface area contributed by atoms with Crippen molar-refractivity contribution in [2.24, 2.45) is 0 Å². The largest absolute Gasteiger partial charge is 0.496 e.